The highest BCUT2D eigenvalue weighted by Gasteiger charge is 2.20. The first-order chi connectivity index (χ1) is 13.6. The van der Waals surface area contributed by atoms with E-state index in [1.54, 1.807) is 35.2 Å². The van der Waals surface area contributed by atoms with E-state index in [1.807, 2.05) is 18.3 Å². The minimum atomic E-state index is -0.271. The third kappa shape index (κ3) is 3.67. The quantitative estimate of drug-likeness (QED) is 0.732. The summed E-state index contributed by atoms with van der Waals surface area (Å²) in [7, 11) is 0. The maximum absolute atomic E-state index is 13.4. The molecule has 142 valence electrons. The maximum atomic E-state index is 13.4. The van der Waals surface area contributed by atoms with Gasteiger partial charge >= 0.3 is 0 Å². The summed E-state index contributed by atoms with van der Waals surface area (Å²) in [4.78, 5) is 29.3. The van der Waals surface area contributed by atoms with Crippen molar-refractivity contribution in [2.24, 2.45) is 0 Å². The van der Waals surface area contributed by atoms with Crippen LogP contribution >= 0.6 is 0 Å². The molecule has 0 saturated heterocycles. The van der Waals surface area contributed by atoms with Gasteiger partial charge in [0.15, 0.2) is 0 Å². The summed E-state index contributed by atoms with van der Waals surface area (Å²) in [6, 6.07) is 13.5. The fourth-order valence-electron chi connectivity index (χ4n) is 3.46. The van der Waals surface area contributed by atoms with Crippen LogP contribution in [0, 0.1) is 5.82 Å². The van der Waals surface area contributed by atoms with Crippen molar-refractivity contribution in [3.05, 3.63) is 77.7 Å². The highest BCUT2D eigenvalue weighted by Crippen LogP contribution is 2.29. The van der Waals surface area contributed by atoms with Gasteiger partial charge in [-0.25, -0.2) is 4.39 Å². The molecule has 0 bridgehead atoms. The molecule has 4 rings (SSSR count). The average molecular weight is 377 g/mol. The smallest absolute Gasteiger partial charge is 0.251 e. The molecule has 2 aromatic carbocycles. The Balaban J connectivity index is 1.38. The second kappa shape index (κ2) is 7.68. The van der Waals surface area contributed by atoms with Crippen molar-refractivity contribution >= 4 is 28.3 Å². The van der Waals surface area contributed by atoms with Crippen LogP contribution in [0.2, 0.25) is 0 Å². The Labute approximate surface area is 161 Å². The van der Waals surface area contributed by atoms with Crippen LogP contribution in [0.5, 0.6) is 0 Å². The number of rotatable bonds is 4. The molecule has 5 nitrogen and oxygen atoms in total. The molecule has 0 radical (unpaired) electrons. The van der Waals surface area contributed by atoms with Gasteiger partial charge in [-0.1, -0.05) is 24.3 Å². The van der Waals surface area contributed by atoms with Gasteiger partial charge < -0.3 is 15.2 Å². The first-order valence-electron chi connectivity index (χ1n) is 9.19. The van der Waals surface area contributed by atoms with Crippen molar-refractivity contribution in [1.29, 1.82) is 0 Å². The largest absolute Gasteiger partial charge is 0.360 e. The number of hydrogen-bond acceptors (Lipinski definition) is 2. The van der Waals surface area contributed by atoms with Gasteiger partial charge in [-0.15, -0.1) is 0 Å². The number of aromatic nitrogens is 1. The lowest BCUT2D eigenvalue weighted by Gasteiger charge is -2.26. The fraction of sp³-hybridized carbons (Fsp3) is 0.182. The molecule has 1 aliphatic rings. The molecule has 0 fully saturated rings. The Morgan fingerprint density at radius 1 is 1.14 bits per heavy atom. The molecular weight excluding hydrogens is 357 g/mol. The number of nitrogens with one attached hydrogen (secondary N) is 2. The van der Waals surface area contributed by atoms with E-state index >= 15 is 0 Å². The summed E-state index contributed by atoms with van der Waals surface area (Å²) >= 11 is 0. The molecule has 0 saturated carbocycles. The van der Waals surface area contributed by atoms with Gasteiger partial charge in [-0.05, 0) is 42.3 Å². The standard InChI is InChI=1S/C22H20FN3O2/c23-17-6-7-18-19(13-24-20(18)12-17)15-8-10-26(11-9-15)21(27)14-25-22(28)16-4-2-1-3-5-16/h1-8,12-13,24H,9-11,14H2,(H,25,28). The Hall–Kier alpha value is -3.41. The zero-order valence-electron chi connectivity index (χ0n) is 15.2. The number of H-pyrrole nitrogens is 1. The van der Waals surface area contributed by atoms with Gasteiger partial charge in [0.25, 0.3) is 5.91 Å². The molecule has 6 heteroatoms. The average Bonchev–Trinajstić information content (AvgIpc) is 3.15. The predicted molar refractivity (Wildman–Crippen MR) is 106 cm³/mol. The van der Waals surface area contributed by atoms with Crippen molar-refractivity contribution < 1.29 is 14.0 Å². The van der Waals surface area contributed by atoms with Crippen LogP contribution in [-0.2, 0) is 4.79 Å². The fourth-order valence-corrected chi connectivity index (χ4v) is 3.46. The molecule has 0 spiro atoms. The molecule has 2 heterocycles. The summed E-state index contributed by atoms with van der Waals surface area (Å²) in [5.41, 5.74) is 3.47. The van der Waals surface area contributed by atoms with E-state index in [0.717, 1.165) is 22.0 Å². The summed E-state index contributed by atoms with van der Waals surface area (Å²) in [6.45, 7) is 1.05. The molecule has 1 aliphatic heterocycles. The molecule has 0 unspecified atom stereocenters. The van der Waals surface area contributed by atoms with Crippen molar-refractivity contribution in [3.63, 3.8) is 0 Å². The molecule has 1 aromatic heterocycles. The Morgan fingerprint density at radius 2 is 1.96 bits per heavy atom. The van der Waals surface area contributed by atoms with Crippen molar-refractivity contribution in [1.82, 2.24) is 15.2 Å². The minimum Gasteiger partial charge on any atom is -0.360 e. The van der Waals surface area contributed by atoms with Crippen LogP contribution in [0.15, 0.2) is 60.8 Å². The zero-order valence-corrected chi connectivity index (χ0v) is 15.2. The molecule has 3 aromatic rings. The number of fused-ring (bicyclic) bond motifs is 1. The molecule has 0 aliphatic carbocycles. The van der Waals surface area contributed by atoms with Crippen LogP contribution in [0.1, 0.15) is 22.3 Å². The van der Waals surface area contributed by atoms with E-state index in [9.17, 15) is 14.0 Å². The van der Waals surface area contributed by atoms with Gasteiger partial charge in [-0.3, -0.25) is 9.59 Å². The van der Waals surface area contributed by atoms with E-state index in [-0.39, 0.29) is 24.2 Å². The lowest BCUT2D eigenvalue weighted by molar-refractivity contribution is -0.129. The summed E-state index contributed by atoms with van der Waals surface area (Å²) < 4.78 is 13.4. The van der Waals surface area contributed by atoms with Crippen LogP contribution in [0.4, 0.5) is 4.39 Å². The van der Waals surface area contributed by atoms with Crippen LogP contribution in [0.3, 0.4) is 0 Å². The van der Waals surface area contributed by atoms with Crippen LogP contribution in [-0.4, -0.2) is 41.3 Å². The first-order valence-corrected chi connectivity index (χ1v) is 9.19. The van der Waals surface area contributed by atoms with Crippen LogP contribution in [0.25, 0.3) is 16.5 Å². The van der Waals surface area contributed by atoms with E-state index in [4.69, 9.17) is 0 Å². The Morgan fingerprint density at radius 3 is 2.71 bits per heavy atom. The molecule has 2 N–H and O–H groups in total. The number of nitrogens with zero attached hydrogens (tertiary/aromatic N) is 1. The molecular formula is C22H20FN3O2. The second-order valence-electron chi connectivity index (χ2n) is 6.76. The lowest BCUT2D eigenvalue weighted by Crippen LogP contribution is -2.42. The Kier molecular flexibility index (Phi) is 4.93. The van der Waals surface area contributed by atoms with Gasteiger partial charge in [-0.2, -0.15) is 0 Å². The van der Waals surface area contributed by atoms with Gasteiger partial charge in [0.2, 0.25) is 5.91 Å². The summed E-state index contributed by atoms with van der Waals surface area (Å²) in [5.74, 6) is -0.637. The lowest BCUT2D eigenvalue weighted by atomic mass is 9.99. The molecule has 0 atom stereocenters. The van der Waals surface area contributed by atoms with E-state index in [0.29, 0.717) is 25.1 Å². The number of amides is 2. The third-order valence-electron chi connectivity index (χ3n) is 4.99. The molecule has 2 amide bonds. The van der Waals surface area contributed by atoms with Crippen LogP contribution < -0.4 is 5.32 Å². The van der Waals surface area contributed by atoms with E-state index in [2.05, 4.69) is 10.3 Å². The first kappa shape index (κ1) is 18.0. The van der Waals surface area contributed by atoms with Crippen molar-refractivity contribution in [2.45, 2.75) is 6.42 Å². The number of carbonyl (C=O) groups is 2. The molecule has 28 heavy (non-hydrogen) atoms. The van der Waals surface area contributed by atoms with E-state index in [1.165, 1.54) is 12.1 Å². The summed E-state index contributed by atoms with van der Waals surface area (Å²) in [6.07, 6.45) is 4.61. The van der Waals surface area contributed by atoms with Crippen molar-refractivity contribution in [2.75, 3.05) is 19.6 Å². The van der Waals surface area contributed by atoms with E-state index < -0.39 is 0 Å². The highest BCUT2D eigenvalue weighted by atomic mass is 19.1. The van der Waals surface area contributed by atoms with Gasteiger partial charge in [0.05, 0.1) is 6.54 Å². The normalized spacial score (nSPS) is 14.0. The third-order valence-corrected chi connectivity index (χ3v) is 4.99. The van der Waals surface area contributed by atoms with Gasteiger partial charge in [0, 0.05) is 41.3 Å². The topological polar surface area (TPSA) is 65.2 Å². The zero-order chi connectivity index (χ0) is 19.5. The second-order valence-corrected chi connectivity index (χ2v) is 6.76. The number of aromatic amines is 1. The monoisotopic (exact) mass is 377 g/mol. The number of carbonyl (C=O) groups excluding carboxylic acids is 2. The SMILES string of the molecule is O=C(NCC(=O)N1CC=C(c2c[nH]c3cc(F)ccc23)CC1)c1ccccc1. The minimum absolute atomic E-state index is 0.0245. The number of benzene rings is 2. The maximum Gasteiger partial charge on any atom is 0.251 e. The number of halogens is 1. The predicted octanol–water partition coefficient (Wildman–Crippen LogP) is 3.35. The highest BCUT2D eigenvalue weighted by molar-refractivity contribution is 5.97. The summed E-state index contributed by atoms with van der Waals surface area (Å²) in [5, 5.41) is 3.65. The number of hydrogen-bond donors (Lipinski definition) is 2. The van der Waals surface area contributed by atoms with Gasteiger partial charge in [0.1, 0.15) is 5.82 Å². The van der Waals surface area contributed by atoms with Crippen molar-refractivity contribution in [3.8, 4) is 0 Å². The Bertz CT molecular complexity index is 1060.